The number of nitrogens with zero attached hydrogens (tertiary/aromatic N) is 2. The molecule has 0 unspecified atom stereocenters. The van der Waals surface area contributed by atoms with E-state index in [-0.39, 0.29) is 23.3 Å². The Kier molecular flexibility index (Phi) is 10.9. The summed E-state index contributed by atoms with van der Waals surface area (Å²) >= 11 is 0. The Hall–Kier alpha value is -3.85. The summed E-state index contributed by atoms with van der Waals surface area (Å²) < 4.78 is 34.5. The first-order valence-corrected chi connectivity index (χ1v) is 15.3. The Morgan fingerprint density at radius 3 is 2.27 bits per heavy atom. The minimum absolute atomic E-state index is 0.0785. The first kappa shape index (κ1) is 31.7. The number of methoxy groups -OCH3 is 1. The van der Waals surface area contributed by atoms with Crippen LogP contribution in [0.5, 0.6) is 5.75 Å². The third kappa shape index (κ3) is 7.88. The minimum atomic E-state index is -4.11. The molecule has 0 aliphatic rings. The number of amides is 2. The second kappa shape index (κ2) is 14.2. The molecule has 2 amide bonds. The maximum Gasteiger partial charge on any atom is 0.264 e. The molecule has 3 rings (SSSR count). The van der Waals surface area contributed by atoms with Crippen LogP contribution in [0.2, 0.25) is 0 Å². The Balaban J connectivity index is 2.09. The van der Waals surface area contributed by atoms with Crippen LogP contribution in [0.1, 0.15) is 43.9 Å². The van der Waals surface area contributed by atoms with Gasteiger partial charge in [-0.3, -0.25) is 13.9 Å². The Morgan fingerprint density at radius 2 is 1.63 bits per heavy atom. The van der Waals surface area contributed by atoms with E-state index in [4.69, 9.17) is 4.74 Å². The number of hydrogen-bond donors (Lipinski definition) is 1. The van der Waals surface area contributed by atoms with Crippen LogP contribution in [-0.2, 0) is 26.2 Å². The van der Waals surface area contributed by atoms with Gasteiger partial charge in [-0.15, -0.1) is 0 Å². The predicted octanol–water partition coefficient (Wildman–Crippen LogP) is 5.09. The summed E-state index contributed by atoms with van der Waals surface area (Å²) in [5, 5.41) is 2.95. The molecule has 0 aliphatic heterocycles. The number of hydrogen-bond acceptors (Lipinski definition) is 5. The largest absolute Gasteiger partial charge is 0.497 e. The van der Waals surface area contributed by atoms with Gasteiger partial charge in [0.05, 0.1) is 17.7 Å². The molecule has 41 heavy (non-hydrogen) atoms. The third-order valence-electron chi connectivity index (χ3n) is 7.01. The van der Waals surface area contributed by atoms with E-state index in [0.717, 1.165) is 21.0 Å². The number of carbonyl (C=O) groups excluding carboxylic acids is 2. The molecule has 3 aromatic carbocycles. The Bertz CT molecular complexity index is 1440. The topological polar surface area (TPSA) is 96.0 Å². The third-order valence-corrected chi connectivity index (χ3v) is 8.79. The van der Waals surface area contributed by atoms with Gasteiger partial charge in [-0.05, 0) is 73.2 Å². The zero-order valence-corrected chi connectivity index (χ0v) is 25.6. The fourth-order valence-corrected chi connectivity index (χ4v) is 6.04. The van der Waals surface area contributed by atoms with Crippen molar-refractivity contribution < 1.29 is 22.7 Å². The highest BCUT2D eigenvalue weighted by Crippen LogP contribution is 2.29. The molecule has 0 fully saturated rings. The van der Waals surface area contributed by atoms with Crippen LogP contribution in [0.3, 0.4) is 0 Å². The molecule has 1 N–H and O–H groups in total. The van der Waals surface area contributed by atoms with E-state index in [1.54, 1.807) is 43.5 Å². The van der Waals surface area contributed by atoms with Crippen molar-refractivity contribution in [1.82, 2.24) is 10.2 Å². The van der Waals surface area contributed by atoms with E-state index in [1.165, 1.54) is 17.0 Å². The molecule has 9 heteroatoms. The van der Waals surface area contributed by atoms with Gasteiger partial charge in [0.2, 0.25) is 11.8 Å². The van der Waals surface area contributed by atoms with Crippen molar-refractivity contribution in [3.8, 4) is 5.75 Å². The highest BCUT2D eigenvalue weighted by atomic mass is 32.2. The van der Waals surface area contributed by atoms with E-state index in [0.29, 0.717) is 24.4 Å². The quantitative estimate of drug-likeness (QED) is 0.305. The van der Waals surface area contributed by atoms with E-state index in [9.17, 15) is 18.0 Å². The van der Waals surface area contributed by atoms with Crippen LogP contribution in [0.4, 0.5) is 5.69 Å². The fourth-order valence-electron chi connectivity index (χ4n) is 4.55. The van der Waals surface area contributed by atoms with Crippen molar-refractivity contribution in [2.75, 3.05) is 24.5 Å². The van der Waals surface area contributed by atoms with Gasteiger partial charge in [-0.25, -0.2) is 8.42 Å². The van der Waals surface area contributed by atoms with Crippen LogP contribution in [0.25, 0.3) is 0 Å². The molecule has 8 nitrogen and oxygen atoms in total. The molecule has 1 atom stereocenters. The SMILES string of the molecule is CC[C@H](C(=O)NCC(C)C)N(Cc1cccc(OC)c1)C(=O)CN(c1cccc(C)c1C)S(=O)(=O)c1ccccc1. The number of carbonyl (C=O) groups is 2. The molecule has 0 spiro atoms. The number of benzene rings is 3. The van der Waals surface area contributed by atoms with Gasteiger partial charge in [0.15, 0.2) is 0 Å². The lowest BCUT2D eigenvalue weighted by Crippen LogP contribution is -2.52. The summed E-state index contributed by atoms with van der Waals surface area (Å²) in [6.45, 7) is 9.67. The van der Waals surface area contributed by atoms with Gasteiger partial charge in [-0.2, -0.15) is 0 Å². The highest BCUT2D eigenvalue weighted by Gasteiger charge is 2.34. The molecule has 0 radical (unpaired) electrons. The monoisotopic (exact) mass is 579 g/mol. The molecular formula is C32H41N3O5S. The van der Waals surface area contributed by atoms with Crippen LogP contribution >= 0.6 is 0 Å². The Morgan fingerprint density at radius 1 is 0.951 bits per heavy atom. The maximum atomic E-state index is 14.2. The Labute approximate surface area is 244 Å². The van der Waals surface area contributed by atoms with Gasteiger partial charge in [-0.1, -0.05) is 63.2 Å². The van der Waals surface area contributed by atoms with Crippen LogP contribution < -0.4 is 14.4 Å². The minimum Gasteiger partial charge on any atom is -0.497 e. The first-order chi connectivity index (χ1) is 19.5. The molecular weight excluding hydrogens is 538 g/mol. The van der Waals surface area contributed by atoms with E-state index in [1.807, 2.05) is 58.9 Å². The number of ether oxygens (including phenoxy) is 1. The van der Waals surface area contributed by atoms with Crippen molar-refractivity contribution in [3.05, 3.63) is 89.5 Å². The molecule has 0 aliphatic carbocycles. The van der Waals surface area contributed by atoms with Crippen molar-refractivity contribution in [3.63, 3.8) is 0 Å². The maximum absolute atomic E-state index is 14.2. The number of sulfonamides is 1. The normalized spacial score (nSPS) is 12.1. The lowest BCUT2D eigenvalue weighted by molar-refractivity contribution is -0.140. The molecule has 3 aromatic rings. The standard InChI is InChI=1S/C32H41N3O5S/c1-7-29(32(37)33-20-23(2)3)34(21-26-14-12-15-27(19-26)40-6)31(36)22-35(30-18-11-13-24(4)25(30)5)41(38,39)28-16-9-8-10-17-28/h8-19,23,29H,7,20-22H2,1-6H3,(H,33,37)/t29-/m1/s1. The zero-order valence-electron chi connectivity index (χ0n) is 24.8. The van der Waals surface area contributed by atoms with Crippen molar-refractivity contribution in [1.29, 1.82) is 0 Å². The zero-order chi connectivity index (χ0) is 30.2. The second-order valence-corrected chi connectivity index (χ2v) is 12.3. The number of rotatable bonds is 13. The lowest BCUT2D eigenvalue weighted by atomic mass is 10.1. The van der Waals surface area contributed by atoms with Gasteiger partial charge >= 0.3 is 0 Å². The number of nitrogens with one attached hydrogen (secondary N) is 1. The molecule has 0 bridgehead atoms. The summed E-state index contributed by atoms with van der Waals surface area (Å²) in [7, 11) is -2.55. The molecule has 0 aromatic heterocycles. The lowest BCUT2D eigenvalue weighted by Gasteiger charge is -2.34. The van der Waals surface area contributed by atoms with Crippen LogP contribution in [0, 0.1) is 19.8 Å². The van der Waals surface area contributed by atoms with Gasteiger partial charge in [0.25, 0.3) is 10.0 Å². The summed E-state index contributed by atoms with van der Waals surface area (Å²) in [5.74, 6) is 0.0899. The van der Waals surface area contributed by atoms with E-state index < -0.39 is 28.5 Å². The smallest absolute Gasteiger partial charge is 0.264 e. The van der Waals surface area contributed by atoms with Gasteiger partial charge in [0.1, 0.15) is 18.3 Å². The fraction of sp³-hybridized carbons (Fsp3) is 0.375. The highest BCUT2D eigenvalue weighted by molar-refractivity contribution is 7.92. The van der Waals surface area contributed by atoms with E-state index in [2.05, 4.69) is 5.32 Å². The molecule has 0 saturated carbocycles. The average molecular weight is 580 g/mol. The summed E-state index contributed by atoms with van der Waals surface area (Å²) in [6.07, 6.45) is 0.356. The summed E-state index contributed by atoms with van der Waals surface area (Å²) in [4.78, 5) is 29.1. The average Bonchev–Trinajstić information content (AvgIpc) is 2.96. The summed E-state index contributed by atoms with van der Waals surface area (Å²) in [5.41, 5.74) is 2.83. The first-order valence-electron chi connectivity index (χ1n) is 13.8. The van der Waals surface area contributed by atoms with Crippen molar-refractivity contribution in [2.24, 2.45) is 5.92 Å². The van der Waals surface area contributed by atoms with Crippen LogP contribution in [-0.4, -0.2) is 51.4 Å². The summed E-state index contributed by atoms with van der Waals surface area (Å²) in [6, 6.07) is 19.9. The predicted molar refractivity (Wildman–Crippen MR) is 162 cm³/mol. The van der Waals surface area contributed by atoms with Gasteiger partial charge in [0, 0.05) is 13.1 Å². The second-order valence-electron chi connectivity index (χ2n) is 10.5. The van der Waals surface area contributed by atoms with Crippen molar-refractivity contribution in [2.45, 2.75) is 58.5 Å². The molecule has 0 saturated heterocycles. The van der Waals surface area contributed by atoms with Crippen molar-refractivity contribution >= 4 is 27.5 Å². The number of aryl methyl sites for hydroxylation is 1. The number of anilines is 1. The van der Waals surface area contributed by atoms with Crippen LogP contribution in [0.15, 0.2) is 77.7 Å². The molecule has 220 valence electrons. The van der Waals surface area contributed by atoms with E-state index >= 15 is 0 Å². The van der Waals surface area contributed by atoms with Gasteiger partial charge < -0.3 is 15.0 Å². The molecule has 0 heterocycles.